The summed E-state index contributed by atoms with van der Waals surface area (Å²) in [6.45, 7) is 0. The fourth-order valence-electron chi connectivity index (χ4n) is 10.3. The number of hydrogen-bond acceptors (Lipinski definition) is 1. The van der Waals surface area contributed by atoms with Crippen molar-refractivity contribution in [1.82, 2.24) is 0 Å². The highest BCUT2D eigenvalue weighted by molar-refractivity contribution is 7.26. The van der Waals surface area contributed by atoms with Gasteiger partial charge in [0, 0.05) is 20.2 Å². The highest BCUT2D eigenvalue weighted by Crippen LogP contribution is 2.46. The highest BCUT2D eigenvalue weighted by Gasteiger charge is 2.27. The number of thiophene rings is 1. The summed E-state index contributed by atoms with van der Waals surface area (Å²) in [5, 5.41) is 8.28. The summed E-state index contributed by atoms with van der Waals surface area (Å²) in [5.74, 6) is 0. The number of hydrogen-bond donors (Lipinski definition) is 0. The first-order valence-electron chi connectivity index (χ1n) is 20.9. The molecular formula is C44H41B13S. The minimum atomic E-state index is 1.24. The van der Waals surface area contributed by atoms with Crippen LogP contribution < -0.4 is 71.0 Å². The van der Waals surface area contributed by atoms with Crippen molar-refractivity contribution in [1.29, 1.82) is 0 Å². The van der Waals surface area contributed by atoms with Gasteiger partial charge in [-0.2, -0.15) is 0 Å². The SMILES string of the molecule is Bc1c(B)c(B)c(-c2c3c(B)c(B)c(B)c(B)c3c(-c3ccc(-c4c(-c5ccccc5)ccc5sc6ccccc6c45)cc3)c3c(B)c(B)c(B)c(B)c23)c(B)c1B. The second-order valence-corrected chi connectivity index (χ2v) is 18.2. The Bertz CT molecular complexity index is 3140. The molecule has 0 amide bonds. The van der Waals surface area contributed by atoms with Crippen LogP contribution in [0.5, 0.6) is 0 Å². The topological polar surface area (TPSA) is 0 Å². The summed E-state index contributed by atoms with van der Waals surface area (Å²) in [6, 6.07) is 34.1. The zero-order valence-corrected chi connectivity index (χ0v) is 37.4. The minimum absolute atomic E-state index is 1.24. The van der Waals surface area contributed by atoms with E-state index in [1.54, 1.807) is 0 Å². The molecule has 0 aliphatic heterocycles. The van der Waals surface area contributed by atoms with Crippen molar-refractivity contribution in [2.75, 3.05) is 0 Å². The first-order chi connectivity index (χ1) is 27.7. The fourth-order valence-corrected chi connectivity index (χ4v) is 11.4. The predicted octanol–water partition coefficient (Wildman–Crippen LogP) is -9.61. The Morgan fingerprint density at radius 2 is 0.672 bits per heavy atom. The third kappa shape index (κ3) is 5.53. The molecule has 8 aromatic carbocycles. The van der Waals surface area contributed by atoms with E-state index in [4.69, 9.17) is 0 Å². The summed E-state index contributed by atoms with van der Waals surface area (Å²) in [5.41, 5.74) is 28.7. The van der Waals surface area contributed by atoms with E-state index in [-0.39, 0.29) is 0 Å². The molecule has 0 bridgehead atoms. The molecular weight excluding hydrogens is 701 g/mol. The van der Waals surface area contributed by atoms with E-state index in [1.165, 1.54) is 157 Å². The van der Waals surface area contributed by atoms with Gasteiger partial charge in [-0.3, -0.25) is 0 Å². The maximum atomic E-state index is 2.43. The molecule has 9 aromatic rings. The molecule has 0 spiro atoms. The molecule has 0 atom stereocenters. The summed E-state index contributed by atoms with van der Waals surface area (Å²) >= 11 is 1.89. The van der Waals surface area contributed by atoms with Crippen LogP contribution in [-0.2, 0) is 0 Å². The van der Waals surface area contributed by atoms with Gasteiger partial charge < -0.3 is 0 Å². The van der Waals surface area contributed by atoms with Gasteiger partial charge in [0.05, 0.1) is 0 Å². The maximum Gasteiger partial charge on any atom is 0.139 e. The van der Waals surface area contributed by atoms with E-state index in [1.807, 2.05) is 11.3 Å². The van der Waals surface area contributed by atoms with Gasteiger partial charge in [-0.1, -0.05) is 112 Å². The fraction of sp³-hybridized carbons (Fsp3) is 0. The van der Waals surface area contributed by atoms with Crippen LogP contribution in [0.2, 0.25) is 0 Å². The standard InChI is InChI=1S/C44H41B13S/c45-32-27-24(18-12-10-17(11-13-18)23-19(16-6-2-1-3-7-16)14-15-22-25(23)20-8-4-5-9-21(20)58-22)28-30(35(48)41(54)39(52)33(28)46)26(29(27)34(47)40(53)38(32)51)31-36(49)42(55)44(57)43(56)37(31)50/h1-15H,45-57H2. The van der Waals surface area contributed by atoms with Gasteiger partial charge in [0.2, 0.25) is 0 Å². The van der Waals surface area contributed by atoms with Crippen LogP contribution in [0.1, 0.15) is 0 Å². The Labute approximate surface area is 359 Å². The zero-order chi connectivity index (χ0) is 41.1. The Kier molecular flexibility index (Phi) is 9.55. The van der Waals surface area contributed by atoms with Crippen molar-refractivity contribution >= 4 is 226 Å². The molecule has 0 aliphatic rings. The van der Waals surface area contributed by atoms with Crippen molar-refractivity contribution in [3.05, 3.63) is 91.0 Å². The van der Waals surface area contributed by atoms with E-state index in [0.717, 1.165) is 0 Å². The average molecular weight is 742 g/mol. The van der Waals surface area contributed by atoms with Gasteiger partial charge >= 0.3 is 0 Å². The largest absolute Gasteiger partial charge is 0.139 e. The van der Waals surface area contributed by atoms with Crippen LogP contribution in [0.15, 0.2) is 91.0 Å². The molecule has 14 heteroatoms. The molecule has 0 unspecified atom stereocenters. The normalized spacial score (nSPS) is 11.7. The first kappa shape index (κ1) is 38.8. The molecule has 0 fully saturated rings. The molecule has 262 valence electrons. The lowest BCUT2D eigenvalue weighted by molar-refractivity contribution is 1.62. The molecule has 0 nitrogen and oxygen atoms in total. The van der Waals surface area contributed by atoms with E-state index in [2.05, 4.69) is 193 Å². The summed E-state index contributed by atoms with van der Waals surface area (Å²) < 4.78 is 2.66. The molecule has 0 aliphatic carbocycles. The Morgan fingerprint density at radius 1 is 0.259 bits per heavy atom. The van der Waals surface area contributed by atoms with E-state index in [0.29, 0.717) is 0 Å². The van der Waals surface area contributed by atoms with Crippen molar-refractivity contribution < 1.29 is 0 Å². The molecule has 0 N–H and O–H groups in total. The molecule has 0 saturated carbocycles. The van der Waals surface area contributed by atoms with Crippen molar-refractivity contribution in [3.63, 3.8) is 0 Å². The van der Waals surface area contributed by atoms with Crippen LogP contribution in [0.3, 0.4) is 0 Å². The maximum absolute atomic E-state index is 2.43. The third-order valence-electron chi connectivity index (χ3n) is 14.7. The van der Waals surface area contributed by atoms with Crippen LogP contribution in [-0.4, -0.2) is 102 Å². The lowest BCUT2D eigenvalue weighted by atomic mass is 9.56. The van der Waals surface area contributed by atoms with Gasteiger partial charge in [0.1, 0.15) is 102 Å². The van der Waals surface area contributed by atoms with Crippen molar-refractivity contribution in [2.24, 2.45) is 0 Å². The molecule has 58 heavy (non-hydrogen) atoms. The lowest BCUT2D eigenvalue weighted by Gasteiger charge is -2.30. The minimum Gasteiger partial charge on any atom is -0.135 e. The molecule has 1 heterocycles. The third-order valence-corrected chi connectivity index (χ3v) is 15.9. The van der Waals surface area contributed by atoms with Crippen LogP contribution in [0, 0.1) is 0 Å². The van der Waals surface area contributed by atoms with E-state index >= 15 is 0 Å². The van der Waals surface area contributed by atoms with Crippen molar-refractivity contribution in [3.8, 4) is 44.5 Å². The quantitative estimate of drug-likeness (QED) is 0.124. The number of fused-ring (bicyclic) bond motifs is 5. The summed E-state index contributed by atoms with van der Waals surface area (Å²) in [4.78, 5) is 0. The lowest BCUT2D eigenvalue weighted by Crippen LogP contribution is -2.55. The van der Waals surface area contributed by atoms with Crippen LogP contribution >= 0.6 is 11.3 Å². The van der Waals surface area contributed by atoms with Gasteiger partial charge in [-0.25, -0.2) is 0 Å². The molecule has 0 saturated heterocycles. The van der Waals surface area contributed by atoms with Crippen LogP contribution in [0.4, 0.5) is 0 Å². The Balaban J connectivity index is 1.44. The van der Waals surface area contributed by atoms with Crippen molar-refractivity contribution in [2.45, 2.75) is 0 Å². The molecule has 0 radical (unpaired) electrons. The number of rotatable bonds is 4. The van der Waals surface area contributed by atoms with E-state index < -0.39 is 0 Å². The monoisotopic (exact) mass is 744 g/mol. The van der Waals surface area contributed by atoms with E-state index in [9.17, 15) is 0 Å². The summed E-state index contributed by atoms with van der Waals surface area (Å²) in [6.07, 6.45) is 0. The average Bonchev–Trinajstić information content (AvgIpc) is 3.63. The van der Waals surface area contributed by atoms with Crippen LogP contribution in [0.25, 0.3) is 86.2 Å². The molecule has 1 aromatic heterocycles. The predicted molar refractivity (Wildman–Crippen MR) is 302 cm³/mol. The Hall–Kier alpha value is -4.66. The second kappa shape index (κ2) is 14.3. The summed E-state index contributed by atoms with van der Waals surface area (Å²) in [7, 11) is 30.5. The zero-order valence-electron chi connectivity index (χ0n) is 36.6. The van der Waals surface area contributed by atoms with Gasteiger partial charge in [-0.15, -0.1) is 49.6 Å². The van der Waals surface area contributed by atoms with Gasteiger partial charge in [0.15, 0.2) is 0 Å². The molecule has 9 rings (SSSR count). The second-order valence-electron chi connectivity index (χ2n) is 17.2. The number of benzene rings is 8. The smallest absolute Gasteiger partial charge is 0.135 e. The first-order valence-corrected chi connectivity index (χ1v) is 21.7. The highest BCUT2D eigenvalue weighted by atomic mass is 32.1. The Morgan fingerprint density at radius 3 is 1.19 bits per heavy atom. The van der Waals surface area contributed by atoms with Gasteiger partial charge in [-0.05, 0) is 78.2 Å². The van der Waals surface area contributed by atoms with Gasteiger partial charge in [0.25, 0.3) is 0 Å².